The summed E-state index contributed by atoms with van der Waals surface area (Å²) < 4.78 is 2.09. The van der Waals surface area contributed by atoms with Gasteiger partial charge in [0, 0.05) is 18.2 Å². The summed E-state index contributed by atoms with van der Waals surface area (Å²) in [5.41, 5.74) is 9.09. The molecule has 1 amide bonds. The number of para-hydroxylation sites is 1. The fourth-order valence-corrected chi connectivity index (χ4v) is 4.27. The summed E-state index contributed by atoms with van der Waals surface area (Å²) in [7, 11) is 0. The third-order valence-corrected chi connectivity index (χ3v) is 5.64. The van der Waals surface area contributed by atoms with E-state index in [1.807, 2.05) is 62.1 Å². The number of aryl methyl sites for hydroxylation is 5. The van der Waals surface area contributed by atoms with Crippen molar-refractivity contribution < 1.29 is 4.79 Å². The highest BCUT2D eigenvalue weighted by Gasteiger charge is 2.27. The molecule has 0 saturated carbocycles. The molecule has 4 heteroatoms. The van der Waals surface area contributed by atoms with Crippen molar-refractivity contribution in [2.24, 2.45) is 0 Å². The topological polar surface area (TPSA) is 37.6 Å². The van der Waals surface area contributed by atoms with Gasteiger partial charge < -0.3 is 0 Å². The predicted octanol–water partition coefficient (Wildman–Crippen LogP) is 6.23. The Morgan fingerprint density at radius 2 is 1.53 bits per heavy atom. The number of pyridine rings is 1. The number of nitrogens with zero attached hydrogens (tertiary/aromatic N) is 3. The van der Waals surface area contributed by atoms with Crippen molar-refractivity contribution in [1.82, 2.24) is 9.38 Å². The number of aromatic nitrogens is 2. The smallest absolute Gasteiger partial charge is 0.229 e. The van der Waals surface area contributed by atoms with Crippen LogP contribution in [-0.4, -0.2) is 15.3 Å². The largest absolute Gasteiger partial charge is 0.282 e. The summed E-state index contributed by atoms with van der Waals surface area (Å²) in [5.74, 6) is 0.753. The number of amides is 1. The second-order valence-electron chi connectivity index (χ2n) is 8.06. The first kappa shape index (κ1) is 19.9. The van der Waals surface area contributed by atoms with Gasteiger partial charge in [0.15, 0.2) is 5.82 Å². The Morgan fingerprint density at radius 1 is 0.867 bits per heavy atom. The highest BCUT2D eigenvalue weighted by Crippen LogP contribution is 2.40. The minimum atomic E-state index is -0.0385. The van der Waals surface area contributed by atoms with Gasteiger partial charge in [0.25, 0.3) is 0 Å². The number of carbonyl (C=O) groups is 1. The van der Waals surface area contributed by atoms with Gasteiger partial charge in [-0.3, -0.25) is 14.1 Å². The minimum absolute atomic E-state index is 0.0385. The van der Waals surface area contributed by atoms with Crippen molar-refractivity contribution in [2.75, 3.05) is 4.90 Å². The van der Waals surface area contributed by atoms with Crippen LogP contribution in [0.5, 0.6) is 0 Å². The average Bonchev–Trinajstić information content (AvgIpc) is 3.04. The van der Waals surface area contributed by atoms with Crippen LogP contribution in [0.2, 0.25) is 0 Å². The molecule has 4 rings (SSSR count). The number of anilines is 2. The third-order valence-electron chi connectivity index (χ3n) is 5.64. The lowest BCUT2D eigenvalue weighted by Gasteiger charge is -2.26. The Balaban J connectivity index is 2.14. The van der Waals surface area contributed by atoms with Crippen molar-refractivity contribution >= 4 is 23.1 Å². The Kier molecular flexibility index (Phi) is 4.94. The number of fused-ring (bicyclic) bond motifs is 1. The molecule has 0 fully saturated rings. The zero-order valence-corrected chi connectivity index (χ0v) is 18.4. The molecule has 0 aliphatic carbocycles. The van der Waals surface area contributed by atoms with E-state index in [1.165, 1.54) is 5.56 Å². The molecule has 2 aromatic heterocycles. The molecule has 2 aromatic carbocycles. The fourth-order valence-electron chi connectivity index (χ4n) is 4.27. The van der Waals surface area contributed by atoms with E-state index in [0.29, 0.717) is 0 Å². The van der Waals surface area contributed by atoms with Crippen molar-refractivity contribution in [1.29, 1.82) is 0 Å². The van der Waals surface area contributed by atoms with E-state index in [2.05, 4.69) is 36.4 Å². The first-order valence-electron chi connectivity index (χ1n) is 10.2. The Morgan fingerprint density at radius 3 is 2.17 bits per heavy atom. The van der Waals surface area contributed by atoms with Crippen LogP contribution in [0.25, 0.3) is 16.9 Å². The van der Waals surface area contributed by atoms with Crippen LogP contribution in [0.4, 0.5) is 11.5 Å². The second-order valence-corrected chi connectivity index (χ2v) is 8.06. The first-order valence-corrected chi connectivity index (χ1v) is 10.2. The summed E-state index contributed by atoms with van der Waals surface area (Å²) in [6.45, 7) is 11.9. The summed E-state index contributed by atoms with van der Waals surface area (Å²) in [6.07, 6.45) is 0. The molecule has 4 nitrogen and oxygen atoms in total. The Bertz CT molecular complexity index is 1260. The Hall–Kier alpha value is -3.40. The van der Waals surface area contributed by atoms with Gasteiger partial charge in [-0.15, -0.1) is 0 Å². The van der Waals surface area contributed by atoms with Crippen LogP contribution in [0.15, 0.2) is 54.6 Å². The summed E-state index contributed by atoms with van der Waals surface area (Å²) in [5, 5.41) is 0. The molecular weight excluding hydrogens is 370 g/mol. The summed E-state index contributed by atoms with van der Waals surface area (Å²) in [4.78, 5) is 19.9. The van der Waals surface area contributed by atoms with Crippen LogP contribution < -0.4 is 4.90 Å². The molecule has 0 atom stereocenters. The molecule has 2 heterocycles. The molecule has 0 N–H and O–H groups in total. The maximum Gasteiger partial charge on any atom is 0.229 e. The Labute approximate surface area is 177 Å². The number of hydrogen-bond donors (Lipinski definition) is 0. The van der Waals surface area contributed by atoms with E-state index >= 15 is 0 Å². The molecule has 0 bridgehead atoms. The maximum atomic E-state index is 13.1. The molecular formula is C26H27N3O. The lowest BCUT2D eigenvalue weighted by atomic mass is 10.0. The van der Waals surface area contributed by atoms with Crippen molar-refractivity contribution in [2.45, 2.75) is 41.5 Å². The maximum absolute atomic E-state index is 13.1. The third kappa shape index (κ3) is 3.18. The molecule has 0 spiro atoms. The minimum Gasteiger partial charge on any atom is -0.282 e. The van der Waals surface area contributed by atoms with E-state index < -0.39 is 0 Å². The number of benzene rings is 2. The van der Waals surface area contributed by atoms with Crippen molar-refractivity contribution in [3.05, 3.63) is 82.5 Å². The van der Waals surface area contributed by atoms with E-state index in [0.717, 1.165) is 50.8 Å². The monoisotopic (exact) mass is 397 g/mol. The standard InChI is InChI=1S/C26H27N3O/c1-16-13-14-22(19(4)15-16)24-26(28-20(5)11-8-12-23(28)27-24)29(21(6)30)25-17(2)9-7-10-18(25)3/h7-15H,1-6H3. The molecule has 0 aliphatic rings. The van der Waals surface area contributed by atoms with Gasteiger partial charge in [0.1, 0.15) is 11.3 Å². The van der Waals surface area contributed by atoms with Gasteiger partial charge in [-0.2, -0.15) is 0 Å². The number of carbonyl (C=O) groups excluding carboxylic acids is 1. The average molecular weight is 398 g/mol. The highest BCUT2D eigenvalue weighted by atomic mass is 16.2. The van der Waals surface area contributed by atoms with E-state index in [4.69, 9.17) is 4.98 Å². The highest BCUT2D eigenvalue weighted by molar-refractivity contribution is 6.03. The summed E-state index contributed by atoms with van der Waals surface area (Å²) in [6, 6.07) is 18.5. The molecule has 152 valence electrons. The summed E-state index contributed by atoms with van der Waals surface area (Å²) >= 11 is 0. The number of imidazole rings is 1. The molecule has 4 aromatic rings. The van der Waals surface area contributed by atoms with Crippen LogP contribution in [0, 0.1) is 34.6 Å². The zero-order chi connectivity index (χ0) is 21.6. The molecule has 0 saturated heterocycles. The van der Waals surface area contributed by atoms with Gasteiger partial charge in [0.05, 0.1) is 5.69 Å². The van der Waals surface area contributed by atoms with Gasteiger partial charge in [-0.25, -0.2) is 4.98 Å². The lowest BCUT2D eigenvalue weighted by molar-refractivity contribution is -0.115. The van der Waals surface area contributed by atoms with Gasteiger partial charge in [-0.05, 0) is 63.4 Å². The van der Waals surface area contributed by atoms with Gasteiger partial charge in [-0.1, -0.05) is 48.0 Å². The molecule has 0 unspecified atom stereocenters. The van der Waals surface area contributed by atoms with E-state index in [1.54, 1.807) is 6.92 Å². The predicted molar refractivity (Wildman–Crippen MR) is 124 cm³/mol. The quantitative estimate of drug-likeness (QED) is 0.411. The van der Waals surface area contributed by atoms with E-state index in [-0.39, 0.29) is 5.91 Å². The van der Waals surface area contributed by atoms with Gasteiger partial charge >= 0.3 is 0 Å². The van der Waals surface area contributed by atoms with Crippen molar-refractivity contribution in [3.63, 3.8) is 0 Å². The molecule has 30 heavy (non-hydrogen) atoms. The van der Waals surface area contributed by atoms with Crippen molar-refractivity contribution in [3.8, 4) is 11.3 Å². The molecule has 0 aliphatic heterocycles. The van der Waals surface area contributed by atoms with Crippen LogP contribution in [0.1, 0.15) is 34.9 Å². The fraction of sp³-hybridized carbons (Fsp3) is 0.231. The van der Waals surface area contributed by atoms with Crippen LogP contribution in [-0.2, 0) is 4.79 Å². The van der Waals surface area contributed by atoms with Crippen LogP contribution in [0.3, 0.4) is 0 Å². The van der Waals surface area contributed by atoms with Crippen LogP contribution >= 0.6 is 0 Å². The van der Waals surface area contributed by atoms with Gasteiger partial charge in [0.2, 0.25) is 5.91 Å². The SMILES string of the molecule is CC(=O)N(c1c(C)cccc1C)c1c(-c2ccc(C)cc2C)nc2cccc(C)n12. The first-order chi connectivity index (χ1) is 14.3. The molecule has 0 radical (unpaired) electrons. The number of hydrogen-bond acceptors (Lipinski definition) is 2. The number of rotatable bonds is 3. The zero-order valence-electron chi connectivity index (χ0n) is 18.4. The van der Waals surface area contributed by atoms with E-state index in [9.17, 15) is 4.79 Å². The second kappa shape index (κ2) is 7.45. The lowest BCUT2D eigenvalue weighted by Crippen LogP contribution is -2.26. The normalized spacial score (nSPS) is 11.1.